The van der Waals surface area contributed by atoms with Crippen molar-refractivity contribution in [2.24, 2.45) is 0 Å². The van der Waals surface area contributed by atoms with Crippen LogP contribution in [0.1, 0.15) is 49.0 Å². The van der Waals surface area contributed by atoms with E-state index in [4.69, 9.17) is 0 Å². The third-order valence-corrected chi connectivity index (χ3v) is 5.97. The molecule has 140 valence electrons. The van der Waals surface area contributed by atoms with E-state index in [9.17, 15) is 14.4 Å². The second-order valence-electron chi connectivity index (χ2n) is 7.68. The quantitative estimate of drug-likeness (QED) is 0.823. The van der Waals surface area contributed by atoms with Crippen LogP contribution in [-0.2, 0) is 15.0 Å². The molecule has 0 aliphatic carbocycles. The molecule has 0 saturated carbocycles. The molecule has 3 heterocycles. The third kappa shape index (κ3) is 2.69. The van der Waals surface area contributed by atoms with Crippen LogP contribution in [0.3, 0.4) is 0 Å². The Hall–Kier alpha value is -2.81. The first-order chi connectivity index (χ1) is 12.7. The van der Waals surface area contributed by atoms with Crippen LogP contribution in [0.5, 0.6) is 0 Å². The normalized spacial score (nSPS) is 21.5. The lowest BCUT2D eigenvalue weighted by Gasteiger charge is -2.41. The average Bonchev–Trinajstić information content (AvgIpc) is 3.21. The van der Waals surface area contributed by atoms with Crippen molar-refractivity contribution in [1.29, 1.82) is 0 Å². The molecule has 2 aliphatic rings. The molecule has 1 saturated heterocycles. The lowest BCUT2D eigenvalue weighted by atomic mass is 9.98. The van der Waals surface area contributed by atoms with Crippen LogP contribution in [-0.4, -0.2) is 33.6 Å². The minimum atomic E-state index is -1.45. The van der Waals surface area contributed by atoms with Crippen molar-refractivity contribution >= 4 is 39.9 Å². The van der Waals surface area contributed by atoms with Gasteiger partial charge < -0.3 is 5.32 Å². The van der Waals surface area contributed by atoms with Crippen LogP contribution in [0.15, 0.2) is 24.3 Å². The molecule has 2 N–H and O–H groups in total. The molecule has 9 heteroatoms. The average molecular weight is 385 g/mol. The zero-order valence-electron chi connectivity index (χ0n) is 15.2. The highest BCUT2D eigenvalue weighted by Crippen LogP contribution is 2.40. The Morgan fingerprint density at radius 3 is 2.70 bits per heavy atom. The van der Waals surface area contributed by atoms with Crippen LogP contribution in [0.4, 0.5) is 10.8 Å². The Kier molecular flexibility index (Phi) is 3.81. The summed E-state index contributed by atoms with van der Waals surface area (Å²) in [5.74, 6) is -1.07. The molecule has 2 aromatic rings. The lowest BCUT2D eigenvalue weighted by molar-refractivity contribution is -0.124. The maximum Gasteiger partial charge on any atom is 0.273 e. The van der Waals surface area contributed by atoms with Crippen LogP contribution >= 0.6 is 11.3 Å². The number of para-hydroxylation sites is 1. The predicted octanol–water partition coefficient (Wildman–Crippen LogP) is 2.04. The van der Waals surface area contributed by atoms with Crippen LogP contribution in [0.2, 0.25) is 0 Å². The number of anilines is 2. The number of amides is 3. The predicted molar refractivity (Wildman–Crippen MR) is 101 cm³/mol. The fraction of sp³-hybridized carbons (Fsp3) is 0.389. The summed E-state index contributed by atoms with van der Waals surface area (Å²) < 4.78 is 0. The summed E-state index contributed by atoms with van der Waals surface area (Å²) in [5, 5.41) is 14.8. The summed E-state index contributed by atoms with van der Waals surface area (Å²) >= 11 is 1.28. The highest BCUT2D eigenvalue weighted by molar-refractivity contribution is 7.15. The maximum atomic E-state index is 13.1. The summed E-state index contributed by atoms with van der Waals surface area (Å²) in [4.78, 5) is 39.7. The van der Waals surface area contributed by atoms with E-state index in [-0.39, 0.29) is 30.1 Å². The van der Waals surface area contributed by atoms with E-state index in [1.807, 2.05) is 20.8 Å². The second kappa shape index (κ2) is 5.85. The smallest absolute Gasteiger partial charge is 0.273 e. The molecule has 0 bridgehead atoms. The highest BCUT2D eigenvalue weighted by Gasteiger charge is 2.56. The minimum absolute atomic E-state index is 0.172. The molecule has 0 unspecified atom stereocenters. The Balaban J connectivity index is 1.69. The molecular formula is C18H19N5O3S. The monoisotopic (exact) mass is 385 g/mol. The van der Waals surface area contributed by atoms with Gasteiger partial charge in [0.1, 0.15) is 5.01 Å². The fourth-order valence-corrected chi connectivity index (χ4v) is 4.14. The highest BCUT2D eigenvalue weighted by atomic mass is 32.1. The first-order valence-corrected chi connectivity index (χ1v) is 9.44. The van der Waals surface area contributed by atoms with E-state index < -0.39 is 11.6 Å². The van der Waals surface area contributed by atoms with Gasteiger partial charge >= 0.3 is 0 Å². The van der Waals surface area contributed by atoms with Crippen molar-refractivity contribution in [2.45, 2.75) is 44.7 Å². The number of carbonyl (C=O) groups excluding carboxylic acids is 3. The molecule has 1 atom stereocenters. The van der Waals surface area contributed by atoms with Gasteiger partial charge in [0, 0.05) is 18.3 Å². The van der Waals surface area contributed by atoms with E-state index in [1.54, 1.807) is 24.3 Å². The van der Waals surface area contributed by atoms with Gasteiger partial charge in [0.2, 0.25) is 16.7 Å². The molecule has 0 spiro atoms. The van der Waals surface area contributed by atoms with Gasteiger partial charge in [0.15, 0.2) is 0 Å². The molecule has 8 nitrogen and oxygen atoms in total. The van der Waals surface area contributed by atoms with Crippen molar-refractivity contribution in [3.8, 4) is 0 Å². The second-order valence-corrected chi connectivity index (χ2v) is 8.65. The van der Waals surface area contributed by atoms with E-state index in [0.717, 1.165) is 5.01 Å². The maximum absolute atomic E-state index is 13.1. The SMILES string of the molecule is CC(C)(C)c1nnc(NC(=O)[C@@]23CCC(=O)N2c2ccccc2C(=O)N3)s1. The van der Waals surface area contributed by atoms with Crippen LogP contribution < -0.4 is 15.5 Å². The Labute approximate surface area is 160 Å². The molecule has 1 aromatic heterocycles. The van der Waals surface area contributed by atoms with Crippen molar-refractivity contribution in [3.63, 3.8) is 0 Å². The molecule has 1 fully saturated rings. The first-order valence-electron chi connectivity index (χ1n) is 8.62. The number of nitrogens with one attached hydrogen (secondary N) is 2. The molecule has 4 rings (SSSR count). The van der Waals surface area contributed by atoms with Gasteiger partial charge in [-0.15, -0.1) is 10.2 Å². The molecular weight excluding hydrogens is 366 g/mol. The third-order valence-electron chi connectivity index (χ3n) is 4.70. The van der Waals surface area contributed by atoms with Gasteiger partial charge in [-0.25, -0.2) is 0 Å². The number of carbonyl (C=O) groups is 3. The lowest BCUT2D eigenvalue weighted by Crippen LogP contribution is -2.68. The molecule has 2 aliphatic heterocycles. The first kappa shape index (κ1) is 17.6. The largest absolute Gasteiger partial charge is 0.321 e. The summed E-state index contributed by atoms with van der Waals surface area (Å²) in [6.07, 6.45) is 0.369. The van der Waals surface area contributed by atoms with Crippen molar-refractivity contribution in [3.05, 3.63) is 34.8 Å². The summed E-state index contributed by atoms with van der Waals surface area (Å²) in [5.41, 5.74) is -0.809. The van der Waals surface area contributed by atoms with Gasteiger partial charge in [-0.1, -0.05) is 44.2 Å². The Morgan fingerprint density at radius 1 is 1.26 bits per heavy atom. The number of hydrogen-bond donors (Lipinski definition) is 2. The number of hydrogen-bond acceptors (Lipinski definition) is 6. The van der Waals surface area contributed by atoms with Crippen LogP contribution in [0.25, 0.3) is 0 Å². The zero-order valence-corrected chi connectivity index (χ0v) is 16.0. The zero-order chi connectivity index (χ0) is 19.4. The van der Waals surface area contributed by atoms with Crippen LogP contribution in [0, 0.1) is 0 Å². The Morgan fingerprint density at radius 2 is 2.00 bits per heavy atom. The van der Waals surface area contributed by atoms with Gasteiger partial charge in [-0.3, -0.25) is 24.6 Å². The summed E-state index contributed by atoms with van der Waals surface area (Å²) in [6.45, 7) is 6.02. The summed E-state index contributed by atoms with van der Waals surface area (Å²) in [7, 11) is 0. The number of rotatable bonds is 2. The van der Waals surface area contributed by atoms with Gasteiger partial charge in [-0.2, -0.15) is 0 Å². The Bertz CT molecular complexity index is 964. The van der Waals surface area contributed by atoms with E-state index >= 15 is 0 Å². The van der Waals surface area contributed by atoms with Crippen molar-refractivity contribution < 1.29 is 14.4 Å². The standard InChI is InChI=1S/C18H19N5O3S/c1-17(2,3)15-21-22-16(27-15)19-14(26)18-9-8-12(24)23(18)11-7-5-4-6-10(11)13(25)20-18/h4-7H,8-9H2,1-3H3,(H,20,25)(H,19,22,26)/t18-/m1/s1. The molecule has 3 amide bonds. The molecule has 1 aromatic carbocycles. The van der Waals surface area contributed by atoms with Crippen molar-refractivity contribution in [2.75, 3.05) is 10.2 Å². The number of benzene rings is 1. The minimum Gasteiger partial charge on any atom is -0.321 e. The van der Waals surface area contributed by atoms with Crippen molar-refractivity contribution in [1.82, 2.24) is 15.5 Å². The number of aromatic nitrogens is 2. The topological polar surface area (TPSA) is 104 Å². The summed E-state index contributed by atoms with van der Waals surface area (Å²) in [6, 6.07) is 6.79. The van der Waals surface area contributed by atoms with E-state index in [1.165, 1.54) is 16.2 Å². The van der Waals surface area contributed by atoms with E-state index in [0.29, 0.717) is 16.4 Å². The van der Waals surface area contributed by atoms with Gasteiger partial charge in [0.25, 0.3) is 11.8 Å². The number of fused-ring (bicyclic) bond motifs is 3. The van der Waals surface area contributed by atoms with Gasteiger partial charge in [-0.05, 0) is 12.1 Å². The molecule has 27 heavy (non-hydrogen) atoms. The van der Waals surface area contributed by atoms with Gasteiger partial charge in [0.05, 0.1) is 11.3 Å². The van der Waals surface area contributed by atoms with E-state index in [2.05, 4.69) is 20.8 Å². The molecule has 0 radical (unpaired) electrons. The number of nitrogens with zero attached hydrogens (tertiary/aromatic N) is 3. The fourth-order valence-electron chi connectivity index (χ4n) is 3.35.